The van der Waals surface area contributed by atoms with Crippen LogP contribution in [0.5, 0.6) is 0 Å². The lowest BCUT2D eigenvalue weighted by Gasteiger charge is -2.05. The molecule has 4 nitrogen and oxygen atoms in total. The lowest BCUT2D eigenvalue weighted by Crippen LogP contribution is -2.18. The fraction of sp³-hybridized carbons (Fsp3) is 0.692. The fourth-order valence-corrected chi connectivity index (χ4v) is 1.95. The highest BCUT2D eigenvalue weighted by atomic mass is 16.5. The van der Waals surface area contributed by atoms with Gasteiger partial charge in [0.05, 0.1) is 6.61 Å². The van der Waals surface area contributed by atoms with E-state index in [1.54, 1.807) is 7.11 Å². The van der Waals surface area contributed by atoms with Crippen LogP contribution < -0.4 is 5.32 Å². The number of aromatic nitrogens is 2. The maximum atomic E-state index is 4.97. The van der Waals surface area contributed by atoms with Gasteiger partial charge in [-0.3, -0.25) is 0 Å². The van der Waals surface area contributed by atoms with Gasteiger partial charge in [-0.2, -0.15) is 0 Å². The summed E-state index contributed by atoms with van der Waals surface area (Å²) in [5.74, 6) is 1.55. The van der Waals surface area contributed by atoms with E-state index < -0.39 is 0 Å². The summed E-state index contributed by atoms with van der Waals surface area (Å²) in [5.41, 5.74) is 1.53. The maximum Gasteiger partial charge on any atom is 0.131 e. The zero-order valence-electron chi connectivity index (χ0n) is 10.9. The first-order valence-corrected chi connectivity index (χ1v) is 6.14. The van der Waals surface area contributed by atoms with Gasteiger partial charge in [0.25, 0.3) is 0 Å². The van der Waals surface area contributed by atoms with Crippen LogP contribution in [-0.4, -0.2) is 30.2 Å². The van der Waals surface area contributed by atoms with Gasteiger partial charge in [0.1, 0.15) is 5.82 Å². The Kier molecular flexibility index (Phi) is 3.74. The Labute approximate surface area is 103 Å². The van der Waals surface area contributed by atoms with E-state index in [1.807, 2.05) is 12.4 Å². The number of hydrogen-bond acceptors (Lipinski definition) is 4. The van der Waals surface area contributed by atoms with Crippen LogP contribution in [0.4, 0.5) is 0 Å². The van der Waals surface area contributed by atoms with Gasteiger partial charge in [0, 0.05) is 44.1 Å². The Morgan fingerprint density at radius 2 is 2.06 bits per heavy atom. The van der Waals surface area contributed by atoms with Crippen molar-refractivity contribution in [1.29, 1.82) is 0 Å². The van der Waals surface area contributed by atoms with E-state index in [2.05, 4.69) is 29.1 Å². The first-order chi connectivity index (χ1) is 8.13. The maximum absolute atomic E-state index is 4.97. The summed E-state index contributed by atoms with van der Waals surface area (Å²) in [7, 11) is 1.71. The molecule has 1 N–H and O–H groups in total. The zero-order valence-corrected chi connectivity index (χ0v) is 10.9. The van der Waals surface area contributed by atoms with Crippen molar-refractivity contribution in [1.82, 2.24) is 15.3 Å². The molecule has 1 aliphatic rings. The molecule has 1 unspecified atom stereocenters. The number of nitrogens with zero attached hydrogens (tertiary/aromatic N) is 2. The lowest BCUT2D eigenvalue weighted by atomic mass is 10.1. The van der Waals surface area contributed by atoms with Crippen LogP contribution in [0, 0.1) is 5.41 Å². The summed E-state index contributed by atoms with van der Waals surface area (Å²) in [4.78, 5) is 8.91. The third-order valence-electron chi connectivity index (χ3n) is 3.36. The summed E-state index contributed by atoms with van der Waals surface area (Å²) in [6.45, 7) is 6.92. The first-order valence-electron chi connectivity index (χ1n) is 6.14. The molecule has 0 amide bonds. The highest BCUT2D eigenvalue weighted by Gasteiger charge is 2.48. The van der Waals surface area contributed by atoms with Crippen LogP contribution in [0.15, 0.2) is 12.4 Å². The number of rotatable bonds is 6. The molecule has 1 aromatic heterocycles. The Bertz CT molecular complexity index is 361. The number of nitrogens with one attached hydrogen (secondary N) is 1. The standard InChI is InChI=1S/C13H21N3O/c1-13(2)6-11(13)12-15-8-10(9-16-12)7-14-4-5-17-3/h8-9,11,14H,4-7H2,1-3H3. The van der Waals surface area contributed by atoms with Crippen molar-refractivity contribution in [3.8, 4) is 0 Å². The van der Waals surface area contributed by atoms with Crippen molar-refractivity contribution in [2.75, 3.05) is 20.3 Å². The summed E-state index contributed by atoms with van der Waals surface area (Å²) in [6.07, 6.45) is 5.06. The van der Waals surface area contributed by atoms with Gasteiger partial charge in [-0.1, -0.05) is 13.8 Å². The Morgan fingerprint density at radius 3 is 2.59 bits per heavy atom. The smallest absolute Gasteiger partial charge is 0.131 e. The van der Waals surface area contributed by atoms with Crippen molar-refractivity contribution < 1.29 is 4.74 Å². The molecule has 4 heteroatoms. The number of hydrogen-bond donors (Lipinski definition) is 1. The fourth-order valence-electron chi connectivity index (χ4n) is 1.95. The highest BCUT2D eigenvalue weighted by molar-refractivity contribution is 5.17. The third-order valence-corrected chi connectivity index (χ3v) is 3.36. The topological polar surface area (TPSA) is 47.0 Å². The van der Waals surface area contributed by atoms with E-state index in [0.29, 0.717) is 11.3 Å². The minimum atomic E-state index is 0.401. The van der Waals surface area contributed by atoms with Gasteiger partial charge < -0.3 is 10.1 Å². The second-order valence-electron chi connectivity index (χ2n) is 5.36. The molecule has 94 valence electrons. The van der Waals surface area contributed by atoms with Crippen LogP contribution in [0.2, 0.25) is 0 Å². The quantitative estimate of drug-likeness (QED) is 0.763. The van der Waals surface area contributed by atoms with Gasteiger partial charge in [-0.15, -0.1) is 0 Å². The summed E-state index contributed by atoms with van der Waals surface area (Å²) in [5, 5.41) is 3.28. The third kappa shape index (κ3) is 3.23. The van der Waals surface area contributed by atoms with E-state index in [0.717, 1.165) is 31.1 Å². The van der Waals surface area contributed by atoms with Crippen molar-refractivity contribution in [2.24, 2.45) is 5.41 Å². The molecule has 17 heavy (non-hydrogen) atoms. The molecule has 1 heterocycles. The van der Waals surface area contributed by atoms with Crippen molar-refractivity contribution in [3.05, 3.63) is 23.8 Å². The molecule has 0 radical (unpaired) electrons. The zero-order chi connectivity index (χ0) is 12.3. The minimum Gasteiger partial charge on any atom is -0.383 e. The normalized spacial score (nSPS) is 21.5. The second kappa shape index (κ2) is 5.10. The van der Waals surface area contributed by atoms with E-state index >= 15 is 0 Å². The molecular weight excluding hydrogens is 214 g/mol. The SMILES string of the molecule is COCCNCc1cnc(C2CC2(C)C)nc1. The summed E-state index contributed by atoms with van der Waals surface area (Å²) in [6, 6.07) is 0. The van der Waals surface area contributed by atoms with Gasteiger partial charge >= 0.3 is 0 Å². The molecule has 0 aromatic carbocycles. The Morgan fingerprint density at radius 1 is 1.41 bits per heavy atom. The van der Waals surface area contributed by atoms with Crippen LogP contribution in [0.3, 0.4) is 0 Å². The molecule has 1 saturated carbocycles. The number of methoxy groups -OCH3 is 1. The van der Waals surface area contributed by atoms with Crippen molar-refractivity contribution >= 4 is 0 Å². The molecule has 0 spiro atoms. The highest BCUT2D eigenvalue weighted by Crippen LogP contribution is 2.57. The van der Waals surface area contributed by atoms with Gasteiger partial charge in [-0.25, -0.2) is 9.97 Å². The molecule has 0 bridgehead atoms. The first kappa shape index (κ1) is 12.5. The van der Waals surface area contributed by atoms with E-state index in [9.17, 15) is 0 Å². The van der Waals surface area contributed by atoms with E-state index in [4.69, 9.17) is 4.74 Å². The molecular formula is C13H21N3O. The Balaban J connectivity index is 1.82. The molecule has 1 aliphatic carbocycles. The number of ether oxygens (including phenoxy) is 1. The largest absolute Gasteiger partial charge is 0.383 e. The average Bonchev–Trinajstić information content (AvgIpc) is 2.95. The lowest BCUT2D eigenvalue weighted by molar-refractivity contribution is 0.199. The van der Waals surface area contributed by atoms with Gasteiger partial charge in [0.15, 0.2) is 0 Å². The molecule has 0 aliphatic heterocycles. The predicted octanol–water partition coefficient (Wildman–Crippen LogP) is 1.73. The van der Waals surface area contributed by atoms with Crippen LogP contribution in [0.25, 0.3) is 0 Å². The van der Waals surface area contributed by atoms with Crippen LogP contribution in [0.1, 0.15) is 37.6 Å². The average molecular weight is 235 g/mol. The van der Waals surface area contributed by atoms with Gasteiger partial charge in [0.2, 0.25) is 0 Å². The molecule has 2 rings (SSSR count). The van der Waals surface area contributed by atoms with E-state index in [-0.39, 0.29) is 0 Å². The van der Waals surface area contributed by atoms with Gasteiger partial charge in [-0.05, 0) is 11.8 Å². The Hall–Kier alpha value is -1.00. The minimum absolute atomic E-state index is 0.401. The molecule has 0 saturated heterocycles. The van der Waals surface area contributed by atoms with Crippen molar-refractivity contribution in [3.63, 3.8) is 0 Å². The molecule has 1 aromatic rings. The van der Waals surface area contributed by atoms with Crippen molar-refractivity contribution in [2.45, 2.75) is 32.7 Å². The predicted molar refractivity (Wildman–Crippen MR) is 66.8 cm³/mol. The van der Waals surface area contributed by atoms with E-state index in [1.165, 1.54) is 6.42 Å². The monoisotopic (exact) mass is 235 g/mol. The summed E-state index contributed by atoms with van der Waals surface area (Å²) >= 11 is 0. The van der Waals surface area contributed by atoms with Crippen LogP contribution in [-0.2, 0) is 11.3 Å². The van der Waals surface area contributed by atoms with Crippen LogP contribution >= 0.6 is 0 Å². The molecule has 1 atom stereocenters. The second-order valence-corrected chi connectivity index (χ2v) is 5.36. The summed E-state index contributed by atoms with van der Waals surface area (Å²) < 4.78 is 4.97. The molecule has 1 fully saturated rings.